The van der Waals surface area contributed by atoms with E-state index in [1.165, 1.54) is 72.1 Å². The lowest BCUT2D eigenvalue weighted by atomic mass is 9.67. The van der Waals surface area contributed by atoms with Crippen molar-refractivity contribution in [1.29, 1.82) is 0 Å². The molecule has 0 aliphatic heterocycles. The van der Waals surface area contributed by atoms with E-state index in [9.17, 15) is 0 Å². The number of anilines is 3. The molecule has 242 valence electrons. The van der Waals surface area contributed by atoms with Crippen molar-refractivity contribution in [2.45, 2.75) is 24.7 Å². The SMILES string of the molecule is CC1(C)c2ccccc2-c2ccc(N(c3ccccc3)c3cccc4c3-c3c(ccc5ccccc35)C4(c3ccccc3)c3ccccc3)cc21. The van der Waals surface area contributed by atoms with Gasteiger partial charge in [0.2, 0.25) is 0 Å². The second-order valence-electron chi connectivity index (χ2n) is 14.5. The minimum Gasteiger partial charge on any atom is -0.310 e. The molecule has 1 heteroatoms. The number of benzene rings is 8. The molecule has 0 saturated heterocycles. The van der Waals surface area contributed by atoms with Crippen LogP contribution in [0.2, 0.25) is 0 Å². The highest BCUT2D eigenvalue weighted by atomic mass is 15.1. The highest BCUT2D eigenvalue weighted by Gasteiger charge is 2.48. The van der Waals surface area contributed by atoms with Crippen LogP contribution in [0.5, 0.6) is 0 Å². The molecule has 0 heterocycles. The molecule has 0 amide bonds. The molecule has 8 aromatic rings. The van der Waals surface area contributed by atoms with Gasteiger partial charge in [0, 0.05) is 22.4 Å². The zero-order valence-corrected chi connectivity index (χ0v) is 28.8. The van der Waals surface area contributed by atoms with E-state index < -0.39 is 5.41 Å². The summed E-state index contributed by atoms with van der Waals surface area (Å²) in [6.07, 6.45) is 0. The van der Waals surface area contributed by atoms with Crippen LogP contribution in [-0.2, 0) is 10.8 Å². The van der Waals surface area contributed by atoms with Gasteiger partial charge in [-0.3, -0.25) is 0 Å². The van der Waals surface area contributed by atoms with E-state index in [0.717, 1.165) is 11.4 Å². The molecule has 51 heavy (non-hydrogen) atoms. The minimum absolute atomic E-state index is 0.110. The van der Waals surface area contributed by atoms with Gasteiger partial charge in [0.15, 0.2) is 0 Å². The molecule has 0 saturated carbocycles. The molecule has 0 radical (unpaired) electrons. The van der Waals surface area contributed by atoms with E-state index in [2.05, 4.69) is 207 Å². The van der Waals surface area contributed by atoms with E-state index in [1.807, 2.05) is 0 Å². The average molecular weight is 652 g/mol. The maximum absolute atomic E-state index is 2.50. The lowest BCUT2D eigenvalue weighted by Crippen LogP contribution is -2.28. The number of para-hydroxylation sites is 1. The maximum Gasteiger partial charge on any atom is 0.0714 e. The first-order valence-electron chi connectivity index (χ1n) is 18.0. The van der Waals surface area contributed by atoms with Crippen LogP contribution in [-0.4, -0.2) is 0 Å². The fourth-order valence-electron chi connectivity index (χ4n) is 9.30. The number of rotatable bonds is 5. The fraction of sp³-hybridized carbons (Fsp3) is 0.0800. The smallest absolute Gasteiger partial charge is 0.0714 e. The van der Waals surface area contributed by atoms with Gasteiger partial charge in [0.05, 0.1) is 11.1 Å². The second-order valence-corrected chi connectivity index (χ2v) is 14.5. The van der Waals surface area contributed by atoms with Crippen LogP contribution < -0.4 is 4.90 Å². The Morgan fingerprint density at radius 1 is 0.392 bits per heavy atom. The Hall–Kier alpha value is -6.18. The third-order valence-electron chi connectivity index (χ3n) is 11.5. The second kappa shape index (κ2) is 11.2. The largest absolute Gasteiger partial charge is 0.310 e. The molecule has 0 atom stereocenters. The molecule has 10 rings (SSSR count). The van der Waals surface area contributed by atoms with Crippen LogP contribution in [0.1, 0.15) is 47.2 Å². The van der Waals surface area contributed by atoms with Crippen LogP contribution in [0.25, 0.3) is 33.0 Å². The fourth-order valence-corrected chi connectivity index (χ4v) is 9.30. The lowest BCUT2D eigenvalue weighted by Gasteiger charge is -2.34. The van der Waals surface area contributed by atoms with Crippen molar-refractivity contribution in [3.8, 4) is 22.3 Å². The summed E-state index contributed by atoms with van der Waals surface area (Å²) in [6, 6.07) is 69.7. The third-order valence-corrected chi connectivity index (χ3v) is 11.5. The number of fused-ring (bicyclic) bond motifs is 8. The Balaban J connectivity index is 1.32. The zero-order valence-electron chi connectivity index (χ0n) is 28.8. The summed E-state index contributed by atoms with van der Waals surface area (Å²) in [7, 11) is 0. The predicted molar refractivity (Wildman–Crippen MR) is 213 cm³/mol. The van der Waals surface area contributed by atoms with Gasteiger partial charge in [-0.15, -0.1) is 0 Å². The van der Waals surface area contributed by atoms with Crippen molar-refractivity contribution in [3.05, 3.63) is 221 Å². The van der Waals surface area contributed by atoms with E-state index in [4.69, 9.17) is 0 Å². The van der Waals surface area contributed by atoms with Gasteiger partial charge in [-0.25, -0.2) is 0 Å². The van der Waals surface area contributed by atoms with E-state index >= 15 is 0 Å². The monoisotopic (exact) mass is 651 g/mol. The van der Waals surface area contributed by atoms with Crippen LogP contribution in [0, 0.1) is 0 Å². The van der Waals surface area contributed by atoms with Crippen LogP contribution in [0.4, 0.5) is 17.1 Å². The van der Waals surface area contributed by atoms with Crippen molar-refractivity contribution < 1.29 is 0 Å². The van der Waals surface area contributed by atoms with Gasteiger partial charge in [-0.2, -0.15) is 0 Å². The molecule has 2 aliphatic carbocycles. The standard InChI is InChI=1S/C50H37N/c1-49(2)42-26-15-14-25-40(42)41-31-30-38(33-45(41)49)51(37-22-10-5-11-23-37)46-28-16-27-43-48(46)47-39-24-13-12-17-34(39)29-32-44(47)50(43,35-18-6-3-7-19-35)36-20-8-4-9-21-36/h3-33H,1-2H3. The highest BCUT2D eigenvalue weighted by Crippen LogP contribution is 2.61. The Morgan fingerprint density at radius 3 is 1.73 bits per heavy atom. The van der Waals surface area contributed by atoms with E-state index in [1.54, 1.807) is 0 Å². The number of nitrogens with zero attached hydrogens (tertiary/aromatic N) is 1. The van der Waals surface area contributed by atoms with Gasteiger partial charge in [-0.05, 0) is 91.2 Å². The van der Waals surface area contributed by atoms with Crippen LogP contribution in [0.15, 0.2) is 188 Å². The first-order valence-corrected chi connectivity index (χ1v) is 18.0. The molecule has 0 spiro atoms. The van der Waals surface area contributed by atoms with Gasteiger partial charge in [-0.1, -0.05) is 172 Å². The highest BCUT2D eigenvalue weighted by molar-refractivity contribution is 6.08. The first-order chi connectivity index (χ1) is 25.1. The molecule has 0 fully saturated rings. The zero-order chi connectivity index (χ0) is 34.2. The molecule has 0 N–H and O–H groups in total. The summed E-state index contributed by atoms with van der Waals surface area (Å²) in [5.74, 6) is 0. The molecule has 0 bridgehead atoms. The number of hydrogen-bond donors (Lipinski definition) is 0. The van der Waals surface area contributed by atoms with Crippen LogP contribution in [0.3, 0.4) is 0 Å². The van der Waals surface area contributed by atoms with E-state index in [-0.39, 0.29) is 5.41 Å². The normalized spacial score (nSPS) is 14.4. The Bertz CT molecular complexity index is 2560. The minimum atomic E-state index is -0.503. The number of hydrogen-bond acceptors (Lipinski definition) is 1. The van der Waals surface area contributed by atoms with Gasteiger partial charge >= 0.3 is 0 Å². The topological polar surface area (TPSA) is 3.24 Å². The van der Waals surface area contributed by atoms with E-state index in [0.29, 0.717) is 0 Å². The maximum atomic E-state index is 2.50. The van der Waals surface area contributed by atoms with Crippen molar-refractivity contribution >= 4 is 27.8 Å². The van der Waals surface area contributed by atoms with Gasteiger partial charge in [0.1, 0.15) is 0 Å². The predicted octanol–water partition coefficient (Wildman–Crippen LogP) is 13.0. The Kier molecular flexibility index (Phi) is 6.51. The van der Waals surface area contributed by atoms with Crippen LogP contribution >= 0.6 is 0 Å². The summed E-state index contributed by atoms with van der Waals surface area (Å²) in [6.45, 7) is 4.73. The summed E-state index contributed by atoms with van der Waals surface area (Å²) in [5, 5.41) is 2.52. The molecular weight excluding hydrogens is 615 g/mol. The van der Waals surface area contributed by atoms with Gasteiger partial charge < -0.3 is 4.90 Å². The third kappa shape index (κ3) is 4.15. The van der Waals surface area contributed by atoms with Crippen molar-refractivity contribution in [3.63, 3.8) is 0 Å². The van der Waals surface area contributed by atoms with Crippen molar-refractivity contribution in [1.82, 2.24) is 0 Å². The average Bonchev–Trinajstić information content (AvgIpc) is 3.63. The molecule has 2 aliphatic rings. The summed E-state index contributed by atoms with van der Waals surface area (Å²) in [4.78, 5) is 2.50. The summed E-state index contributed by atoms with van der Waals surface area (Å²) in [5.41, 5.74) is 16.0. The summed E-state index contributed by atoms with van der Waals surface area (Å²) >= 11 is 0. The molecule has 0 aromatic heterocycles. The van der Waals surface area contributed by atoms with Gasteiger partial charge in [0.25, 0.3) is 0 Å². The molecule has 1 nitrogen and oxygen atoms in total. The molecular formula is C50H37N. The lowest BCUT2D eigenvalue weighted by molar-refractivity contribution is 0.660. The quantitative estimate of drug-likeness (QED) is 0.179. The molecule has 0 unspecified atom stereocenters. The molecule has 8 aromatic carbocycles. The Morgan fingerprint density at radius 2 is 0.980 bits per heavy atom. The summed E-state index contributed by atoms with van der Waals surface area (Å²) < 4.78 is 0. The Labute approximate surface area is 300 Å². The van der Waals surface area contributed by atoms with Crippen molar-refractivity contribution in [2.24, 2.45) is 0 Å². The first kappa shape index (κ1) is 29.7. The van der Waals surface area contributed by atoms with Crippen molar-refractivity contribution in [2.75, 3.05) is 4.90 Å².